The quantitative estimate of drug-likeness (QED) is 0.582. The van der Waals surface area contributed by atoms with Gasteiger partial charge in [0.1, 0.15) is 11.4 Å². The smallest absolute Gasteiger partial charge is 0.287 e. The Morgan fingerprint density at radius 3 is 2.84 bits per heavy atom. The van der Waals surface area contributed by atoms with Crippen LogP contribution in [0.2, 0.25) is 0 Å². The summed E-state index contributed by atoms with van der Waals surface area (Å²) in [5, 5.41) is 13.7. The summed E-state index contributed by atoms with van der Waals surface area (Å²) in [4.78, 5) is 14.5. The van der Waals surface area contributed by atoms with E-state index in [9.17, 15) is 9.90 Å². The summed E-state index contributed by atoms with van der Waals surface area (Å²) >= 11 is 0. The van der Waals surface area contributed by atoms with E-state index in [0.29, 0.717) is 17.0 Å². The number of amides is 1. The van der Waals surface area contributed by atoms with Gasteiger partial charge in [-0.25, -0.2) is 5.43 Å². The number of nitrogens with one attached hydrogen (secondary N) is 2. The molecule has 0 radical (unpaired) electrons. The van der Waals surface area contributed by atoms with Crippen molar-refractivity contribution in [1.29, 1.82) is 0 Å². The molecule has 0 unspecified atom stereocenters. The monoisotopic (exact) mass is 257 g/mol. The molecular formula is C14H15N3O2. The fourth-order valence-corrected chi connectivity index (χ4v) is 1.67. The van der Waals surface area contributed by atoms with Crippen LogP contribution in [-0.4, -0.2) is 21.7 Å². The number of rotatable bonds is 3. The highest BCUT2D eigenvalue weighted by atomic mass is 16.3. The van der Waals surface area contributed by atoms with Gasteiger partial charge in [-0.15, -0.1) is 0 Å². The van der Waals surface area contributed by atoms with Gasteiger partial charge in [0.25, 0.3) is 5.91 Å². The zero-order valence-electron chi connectivity index (χ0n) is 10.8. The Hall–Kier alpha value is -2.56. The summed E-state index contributed by atoms with van der Waals surface area (Å²) in [6.07, 6.45) is 1.66. The van der Waals surface area contributed by atoms with Gasteiger partial charge in [-0.05, 0) is 38.1 Å². The number of hydrogen-bond acceptors (Lipinski definition) is 3. The molecule has 0 fully saturated rings. The number of carbonyl (C=O) groups is 1. The van der Waals surface area contributed by atoms with Crippen molar-refractivity contribution in [1.82, 2.24) is 10.4 Å². The maximum atomic E-state index is 11.7. The van der Waals surface area contributed by atoms with Crippen LogP contribution in [0.5, 0.6) is 5.75 Å². The Morgan fingerprint density at radius 2 is 2.16 bits per heavy atom. The molecule has 1 aromatic heterocycles. The first-order valence-electron chi connectivity index (χ1n) is 5.86. The van der Waals surface area contributed by atoms with Crippen molar-refractivity contribution in [3.63, 3.8) is 0 Å². The highest BCUT2D eigenvalue weighted by molar-refractivity contribution is 6.02. The zero-order valence-corrected chi connectivity index (χ0v) is 10.8. The molecule has 5 nitrogen and oxygen atoms in total. The van der Waals surface area contributed by atoms with Crippen molar-refractivity contribution >= 4 is 11.6 Å². The van der Waals surface area contributed by atoms with Crippen molar-refractivity contribution in [2.75, 3.05) is 0 Å². The van der Waals surface area contributed by atoms with E-state index in [4.69, 9.17) is 0 Å². The molecule has 0 saturated heterocycles. The lowest BCUT2D eigenvalue weighted by atomic mass is 10.1. The topological polar surface area (TPSA) is 77.5 Å². The number of benzene rings is 1. The number of hydrazone groups is 1. The summed E-state index contributed by atoms with van der Waals surface area (Å²) in [7, 11) is 0. The number of phenols is 1. The molecule has 0 aliphatic heterocycles. The van der Waals surface area contributed by atoms with E-state index in [0.717, 1.165) is 5.56 Å². The number of aromatic amines is 1. The second kappa shape index (κ2) is 5.39. The highest BCUT2D eigenvalue weighted by Gasteiger charge is 2.07. The molecule has 0 bridgehead atoms. The molecule has 3 N–H and O–H groups in total. The highest BCUT2D eigenvalue weighted by Crippen LogP contribution is 2.18. The van der Waals surface area contributed by atoms with Crippen LogP contribution in [0.15, 0.2) is 41.6 Å². The van der Waals surface area contributed by atoms with Gasteiger partial charge in [0, 0.05) is 11.8 Å². The third-order valence-electron chi connectivity index (χ3n) is 2.71. The summed E-state index contributed by atoms with van der Waals surface area (Å²) < 4.78 is 0. The first-order valence-corrected chi connectivity index (χ1v) is 5.86. The first-order chi connectivity index (χ1) is 9.08. The van der Waals surface area contributed by atoms with E-state index in [1.807, 2.05) is 19.1 Å². The normalized spacial score (nSPS) is 11.4. The Morgan fingerprint density at radius 1 is 1.37 bits per heavy atom. The van der Waals surface area contributed by atoms with Gasteiger partial charge in [0.2, 0.25) is 0 Å². The van der Waals surface area contributed by atoms with Crippen molar-refractivity contribution in [2.45, 2.75) is 13.8 Å². The third kappa shape index (κ3) is 3.01. The predicted molar refractivity (Wildman–Crippen MR) is 73.3 cm³/mol. The number of aryl methyl sites for hydroxylation is 1. The molecule has 5 heteroatoms. The minimum absolute atomic E-state index is 0.140. The molecule has 0 saturated carbocycles. The van der Waals surface area contributed by atoms with Crippen molar-refractivity contribution in [3.8, 4) is 5.75 Å². The fraction of sp³-hybridized carbons (Fsp3) is 0.143. The Kier molecular flexibility index (Phi) is 3.66. The number of H-pyrrole nitrogens is 1. The molecule has 2 aromatic rings. The Bertz CT molecular complexity index is 616. The molecule has 1 heterocycles. The van der Waals surface area contributed by atoms with Crippen LogP contribution in [0.1, 0.15) is 28.5 Å². The summed E-state index contributed by atoms with van der Waals surface area (Å²) in [6.45, 7) is 3.65. The third-order valence-corrected chi connectivity index (χ3v) is 2.71. The number of aromatic nitrogens is 1. The molecule has 0 aliphatic carbocycles. The maximum absolute atomic E-state index is 11.7. The molecular weight excluding hydrogens is 242 g/mol. The van der Waals surface area contributed by atoms with Crippen molar-refractivity contribution in [2.24, 2.45) is 5.10 Å². The van der Waals surface area contributed by atoms with Crippen LogP contribution < -0.4 is 5.43 Å². The number of aromatic hydroxyl groups is 1. The molecule has 1 amide bonds. The largest absolute Gasteiger partial charge is 0.507 e. The fourth-order valence-electron chi connectivity index (χ4n) is 1.67. The first kappa shape index (κ1) is 12.9. The summed E-state index contributed by atoms with van der Waals surface area (Å²) in [6, 6.07) is 8.62. The Labute approximate surface area is 111 Å². The van der Waals surface area contributed by atoms with Gasteiger partial charge in [0.15, 0.2) is 0 Å². The second-order valence-electron chi connectivity index (χ2n) is 4.24. The maximum Gasteiger partial charge on any atom is 0.287 e. The number of phenolic OH excluding ortho intramolecular Hbond substituents is 1. The van der Waals surface area contributed by atoms with Gasteiger partial charge < -0.3 is 10.1 Å². The van der Waals surface area contributed by atoms with E-state index < -0.39 is 0 Å². The molecule has 0 atom stereocenters. The number of carbonyl (C=O) groups excluding carboxylic acids is 1. The molecule has 0 spiro atoms. The second-order valence-corrected chi connectivity index (χ2v) is 4.24. The van der Waals surface area contributed by atoms with E-state index in [1.54, 1.807) is 31.3 Å². The minimum Gasteiger partial charge on any atom is -0.507 e. The van der Waals surface area contributed by atoms with E-state index >= 15 is 0 Å². The Balaban J connectivity index is 2.15. The standard InChI is InChI=1S/C14H15N3O2/c1-9-5-6-13(18)11(8-9)10(2)16-17-14(19)12-4-3-7-15-12/h3-8,15,18H,1-2H3,(H,17,19)/b16-10+. The molecule has 2 rings (SSSR count). The van der Waals surface area contributed by atoms with Gasteiger partial charge in [-0.1, -0.05) is 11.6 Å². The van der Waals surface area contributed by atoms with Gasteiger partial charge in [-0.2, -0.15) is 5.10 Å². The van der Waals surface area contributed by atoms with E-state index in [2.05, 4.69) is 15.5 Å². The predicted octanol–water partition coefficient (Wildman–Crippen LogP) is 2.18. The van der Waals surface area contributed by atoms with Crippen LogP contribution in [0.4, 0.5) is 0 Å². The summed E-state index contributed by atoms with van der Waals surface area (Å²) in [5.74, 6) is -0.183. The lowest BCUT2D eigenvalue weighted by molar-refractivity contribution is 0.0950. The van der Waals surface area contributed by atoms with Gasteiger partial charge in [0.05, 0.1) is 5.71 Å². The average Bonchev–Trinajstić information content (AvgIpc) is 2.92. The van der Waals surface area contributed by atoms with Crippen LogP contribution in [0.25, 0.3) is 0 Å². The van der Waals surface area contributed by atoms with Crippen LogP contribution in [0.3, 0.4) is 0 Å². The van der Waals surface area contributed by atoms with Crippen LogP contribution in [0, 0.1) is 6.92 Å². The van der Waals surface area contributed by atoms with E-state index in [-0.39, 0.29) is 11.7 Å². The minimum atomic E-state index is -0.323. The van der Waals surface area contributed by atoms with Crippen LogP contribution in [-0.2, 0) is 0 Å². The SMILES string of the molecule is C/C(=N\NC(=O)c1ccc[nH]1)c1cc(C)ccc1O. The van der Waals surface area contributed by atoms with Crippen LogP contribution >= 0.6 is 0 Å². The van der Waals surface area contributed by atoms with Crippen molar-refractivity contribution < 1.29 is 9.90 Å². The lowest BCUT2D eigenvalue weighted by Gasteiger charge is -2.05. The number of hydrogen-bond donors (Lipinski definition) is 3. The van der Waals surface area contributed by atoms with Crippen molar-refractivity contribution in [3.05, 3.63) is 53.3 Å². The molecule has 19 heavy (non-hydrogen) atoms. The zero-order chi connectivity index (χ0) is 13.8. The van der Waals surface area contributed by atoms with Gasteiger partial charge in [-0.3, -0.25) is 4.79 Å². The number of nitrogens with zero attached hydrogens (tertiary/aromatic N) is 1. The summed E-state index contributed by atoms with van der Waals surface area (Å²) in [5.41, 5.74) is 5.03. The average molecular weight is 257 g/mol. The molecule has 98 valence electrons. The van der Waals surface area contributed by atoms with E-state index in [1.165, 1.54) is 0 Å². The molecule has 0 aliphatic rings. The molecule has 1 aromatic carbocycles. The lowest BCUT2D eigenvalue weighted by Crippen LogP contribution is -2.19. The van der Waals surface area contributed by atoms with Gasteiger partial charge >= 0.3 is 0 Å².